The zero-order valence-electron chi connectivity index (χ0n) is 10.5. The van der Waals surface area contributed by atoms with Crippen molar-refractivity contribution in [2.75, 3.05) is 0 Å². The van der Waals surface area contributed by atoms with Gasteiger partial charge < -0.3 is 5.32 Å². The average Bonchev–Trinajstić information content (AvgIpc) is 2.55. The first-order chi connectivity index (χ1) is 8.20. The van der Waals surface area contributed by atoms with E-state index >= 15 is 0 Å². The normalized spacial score (nSPS) is 11.9. The summed E-state index contributed by atoms with van der Waals surface area (Å²) in [6.45, 7) is 5.31. The number of nitrogens with zero attached hydrogens (tertiary/aromatic N) is 2. The minimum absolute atomic E-state index is 0.0157. The number of alkyl halides is 3. The van der Waals surface area contributed by atoms with Crippen molar-refractivity contribution in [3.63, 3.8) is 0 Å². The molecule has 1 heterocycles. The van der Waals surface area contributed by atoms with Crippen LogP contribution in [-0.2, 0) is 17.5 Å². The molecule has 7 heteroatoms. The second-order valence-corrected chi connectivity index (χ2v) is 4.36. The summed E-state index contributed by atoms with van der Waals surface area (Å²) in [6, 6.07) is 0.988. The van der Waals surface area contributed by atoms with Crippen molar-refractivity contribution in [3.05, 3.63) is 17.5 Å². The van der Waals surface area contributed by atoms with Crippen LogP contribution in [-0.4, -0.2) is 21.7 Å². The van der Waals surface area contributed by atoms with Crippen molar-refractivity contribution in [1.29, 1.82) is 0 Å². The third kappa shape index (κ3) is 4.05. The number of aromatic nitrogens is 2. The van der Waals surface area contributed by atoms with Gasteiger partial charge in [0.1, 0.15) is 0 Å². The standard InChI is InChI=1S/C11H16F3N3O/c1-7(2)15-10(18)4-5-17-8(3)6-9(16-17)11(12,13)14/h6-7H,4-5H2,1-3H3,(H,15,18). The van der Waals surface area contributed by atoms with Crippen LogP contribution in [0, 0.1) is 6.92 Å². The molecule has 4 nitrogen and oxygen atoms in total. The monoisotopic (exact) mass is 263 g/mol. The van der Waals surface area contributed by atoms with Crippen LogP contribution in [0.1, 0.15) is 31.7 Å². The van der Waals surface area contributed by atoms with Gasteiger partial charge in [0, 0.05) is 24.7 Å². The summed E-state index contributed by atoms with van der Waals surface area (Å²) in [5.74, 6) is -0.201. The van der Waals surface area contributed by atoms with Gasteiger partial charge in [-0.25, -0.2) is 0 Å². The molecule has 0 radical (unpaired) electrons. The quantitative estimate of drug-likeness (QED) is 0.904. The Hall–Kier alpha value is -1.53. The average molecular weight is 263 g/mol. The van der Waals surface area contributed by atoms with Crippen LogP contribution < -0.4 is 5.32 Å². The van der Waals surface area contributed by atoms with E-state index in [4.69, 9.17) is 0 Å². The molecule has 1 aromatic rings. The van der Waals surface area contributed by atoms with E-state index in [9.17, 15) is 18.0 Å². The Morgan fingerprint density at radius 1 is 1.50 bits per heavy atom. The third-order valence-electron chi connectivity index (χ3n) is 2.27. The predicted octanol–water partition coefficient (Wildman–Crippen LogP) is 2.13. The van der Waals surface area contributed by atoms with Crippen LogP contribution in [0.2, 0.25) is 0 Å². The summed E-state index contributed by atoms with van der Waals surface area (Å²) in [5.41, 5.74) is -0.538. The van der Waals surface area contributed by atoms with Crippen LogP contribution >= 0.6 is 0 Å². The molecule has 0 saturated heterocycles. The first-order valence-corrected chi connectivity index (χ1v) is 5.61. The van der Waals surface area contributed by atoms with Crippen LogP contribution in [0.4, 0.5) is 13.2 Å². The maximum Gasteiger partial charge on any atom is 0.435 e. The minimum atomic E-state index is -4.45. The molecule has 1 N–H and O–H groups in total. The molecule has 1 amide bonds. The van der Waals surface area contributed by atoms with Gasteiger partial charge in [-0.1, -0.05) is 0 Å². The highest BCUT2D eigenvalue weighted by Gasteiger charge is 2.34. The summed E-state index contributed by atoms with van der Waals surface area (Å²) in [5, 5.41) is 6.11. The Balaban J connectivity index is 2.63. The highest BCUT2D eigenvalue weighted by Crippen LogP contribution is 2.28. The van der Waals surface area contributed by atoms with Crippen LogP contribution in [0.15, 0.2) is 6.07 Å². The van der Waals surface area contributed by atoms with E-state index in [0.717, 1.165) is 6.07 Å². The molecular weight excluding hydrogens is 247 g/mol. The molecule has 0 fully saturated rings. The second kappa shape index (κ2) is 5.41. The van der Waals surface area contributed by atoms with Gasteiger partial charge in [-0.05, 0) is 26.8 Å². The zero-order valence-corrected chi connectivity index (χ0v) is 10.5. The Labute approximate surface area is 103 Å². The van der Waals surface area contributed by atoms with Crippen LogP contribution in [0.5, 0.6) is 0 Å². The van der Waals surface area contributed by atoms with Crippen LogP contribution in [0.3, 0.4) is 0 Å². The van der Waals surface area contributed by atoms with Crippen molar-refractivity contribution >= 4 is 5.91 Å². The van der Waals surface area contributed by atoms with E-state index in [1.807, 2.05) is 13.8 Å². The molecule has 0 spiro atoms. The highest BCUT2D eigenvalue weighted by atomic mass is 19.4. The fourth-order valence-electron chi connectivity index (χ4n) is 1.48. The maximum absolute atomic E-state index is 12.4. The first-order valence-electron chi connectivity index (χ1n) is 5.61. The van der Waals surface area contributed by atoms with Crippen molar-refractivity contribution in [2.24, 2.45) is 0 Å². The highest BCUT2D eigenvalue weighted by molar-refractivity contribution is 5.76. The first kappa shape index (κ1) is 14.5. The molecule has 0 saturated carbocycles. The van der Waals surface area contributed by atoms with E-state index in [-0.39, 0.29) is 24.9 Å². The Kier molecular flexibility index (Phi) is 4.37. The molecule has 18 heavy (non-hydrogen) atoms. The summed E-state index contributed by atoms with van der Waals surface area (Å²) < 4.78 is 38.4. The molecule has 0 bridgehead atoms. The SMILES string of the molecule is Cc1cc(C(F)(F)F)nn1CCC(=O)NC(C)C. The van der Waals surface area contributed by atoms with E-state index in [1.165, 1.54) is 11.6 Å². The predicted molar refractivity (Wildman–Crippen MR) is 59.9 cm³/mol. The summed E-state index contributed by atoms with van der Waals surface area (Å²) in [7, 11) is 0. The molecule has 1 rings (SSSR count). The number of aryl methyl sites for hydroxylation is 2. The van der Waals surface area contributed by atoms with E-state index in [0.29, 0.717) is 5.69 Å². The lowest BCUT2D eigenvalue weighted by atomic mass is 10.3. The zero-order chi connectivity index (χ0) is 13.9. The summed E-state index contributed by atoms with van der Waals surface area (Å²) in [4.78, 5) is 11.4. The fourth-order valence-corrected chi connectivity index (χ4v) is 1.48. The number of amides is 1. The number of carbonyl (C=O) groups excluding carboxylic acids is 1. The molecule has 0 aliphatic rings. The van der Waals surface area contributed by atoms with Gasteiger partial charge in [0.15, 0.2) is 5.69 Å². The lowest BCUT2D eigenvalue weighted by Gasteiger charge is -2.08. The fraction of sp³-hybridized carbons (Fsp3) is 0.636. The molecular formula is C11H16F3N3O. The van der Waals surface area contributed by atoms with Gasteiger partial charge in [0.05, 0.1) is 0 Å². The molecule has 0 aliphatic carbocycles. The minimum Gasteiger partial charge on any atom is -0.354 e. The number of hydrogen-bond donors (Lipinski definition) is 1. The summed E-state index contributed by atoms with van der Waals surface area (Å²) >= 11 is 0. The third-order valence-corrected chi connectivity index (χ3v) is 2.27. The smallest absolute Gasteiger partial charge is 0.354 e. The number of nitrogens with one attached hydrogen (secondary N) is 1. The Morgan fingerprint density at radius 3 is 2.56 bits per heavy atom. The topological polar surface area (TPSA) is 46.9 Å². The van der Waals surface area contributed by atoms with Crippen molar-refractivity contribution in [3.8, 4) is 0 Å². The van der Waals surface area contributed by atoms with E-state index < -0.39 is 11.9 Å². The molecule has 0 unspecified atom stereocenters. The molecule has 1 aromatic heterocycles. The molecule has 0 aromatic carbocycles. The van der Waals surface area contributed by atoms with Gasteiger partial charge in [-0.3, -0.25) is 9.48 Å². The number of halogens is 3. The van der Waals surface area contributed by atoms with Crippen molar-refractivity contribution in [2.45, 2.75) is 46.0 Å². The van der Waals surface area contributed by atoms with Gasteiger partial charge in [-0.2, -0.15) is 18.3 Å². The van der Waals surface area contributed by atoms with E-state index in [1.54, 1.807) is 0 Å². The second-order valence-electron chi connectivity index (χ2n) is 4.36. The van der Waals surface area contributed by atoms with Gasteiger partial charge >= 0.3 is 6.18 Å². The Morgan fingerprint density at radius 2 is 2.11 bits per heavy atom. The Bertz CT molecular complexity index is 424. The maximum atomic E-state index is 12.4. The van der Waals surface area contributed by atoms with Gasteiger partial charge in [0.2, 0.25) is 5.91 Å². The van der Waals surface area contributed by atoms with Crippen molar-refractivity contribution < 1.29 is 18.0 Å². The lowest BCUT2D eigenvalue weighted by Crippen LogP contribution is -2.30. The summed E-state index contributed by atoms with van der Waals surface area (Å²) in [6.07, 6.45) is -4.34. The van der Waals surface area contributed by atoms with Gasteiger partial charge in [0.25, 0.3) is 0 Å². The molecule has 0 atom stereocenters. The number of hydrogen-bond acceptors (Lipinski definition) is 2. The molecule has 102 valence electrons. The number of rotatable bonds is 4. The van der Waals surface area contributed by atoms with E-state index in [2.05, 4.69) is 10.4 Å². The van der Waals surface area contributed by atoms with Crippen LogP contribution in [0.25, 0.3) is 0 Å². The van der Waals surface area contributed by atoms with Gasteiger partial charge in [-0.15, -0.1) is 0 Å². The lowest BCUT2D eigenvalue weighted by molar-refractivity contribution is -0.141. The van der Waals surface area contributed by atoms with Crippen molar-refractivity contribution in [1.82, 2.24) is 15.1 Å². The largest absolute Gasteiger partial charge is 0.435 e. The number of carbonyl (C=O) groups is 1. The molecule has 0 aliphatic heterocycles.